The van der Waals surface area contributed by atoms with Gasteiger partial charge < -0.3 is 15.2 Å². The number of aliphatic hydroxyl groups excluding tert-OH is 1. The van der Waals surface area contributed by atoms with Gasteiger partial charge in [0.05, 0.1) is 6.61 Å². The maximum atomic E-state index is 11.3. The van der Waals surface area contributed by atoms with Gasteiger partial charge in [0.2, 0.25) is 6.23 Å². The van der Waals surface area contributed by atoms with Crippen molar-refractivity contribution >= 4 is 5.97 Å². The third kappa shape index (κ3) is 4.36. The Morgan fingerprint density at radius 3 is 3.12 bits per heavy atom. The summed E-state index contributed by atoms with van der Waals surface area (Å²) in [6.45, 7) is 6.07. The normalized spacial score (nSPS) is 26.5. The Morgan fingerprint density at radius 1 is 1.76 bits per heavy atom. The van der Waals surface area contributed by atoms with Crippen LogP contribution < -0.4 is 10.6 Å². The second-order valence-electron chi connectivity index (χ2n) is 4.41. The standard InChI is InChI=1S/C12H22N2O3/c1-4-17-12(16)11(15)14-10-6-5-8(2)7-13-9(10)3/h7,9-11,13-15H,4-6H2,1-3H3. The molecule has 0 saturated heterocycles. The third-order valence-electron chi connectivity index (χ3n) is 2.93. The molecule has 5 heteroatoms. The minimum Gasteiger partial charge on any atom is -0.463 e. The van der Waals surface area contributed by atoms with Crippen LogP contribution in [0.1, 0.15) is 33.6 Å². The number of carbonyl (C=O) groups is 1. The molecule has 0 fully saturated rings. The van der Waals surface area contributed by atoms with Gasteiger partial charge in [-0.2, -0.15) is 0 Å². The zero-order valence-electron chi connectivity index (χ0n) is 10.7. The molecule has 0 spiro atoms. The highest BCUT2D eigenvalue weighted by Gasteiger charge is 2.25. The number of ether oxygens (including phenoxy) is 1. The van der Waals surface area contributed by atoms with Crippen molar-refractivity contribution in [3.8, 4) is 0 Å². The van der Waals surface area contributed by atoms with Crippen LogP contribution >= 0.6 is 0 Å². The molecule has 17 heavy (non-hydrogen) atoms. The van der Waals surface area contributed by atoms with Crippen LogP contribution in [-0.4, -0.2) is 36.0 Å². The number of nitrogens with one attached hydrogen (secondary N) is 2. The molecule has 0 amide bonds. The molecule has 98 valence electrons. The number of esters is 1. The van der Waals surface area contributed by atoms with Crippen molar-refractivity contribution in [1.82, 2.24) is 10.6 Å². The van der Waals surface area contributed by atoms with Crippen LogP contribution in [0.5, 0.6) is 0 Å². The SMILES string of the molecule is CCOC(=O)C(O)NC1CCC(C)=CNC1C. The van der Waals surface area contributed by atoms with E-state index in [4.69, 9.17) is 4.74 Å². The number of allylic oxidation sites excluding steroid dienone is 1. The van der Waals surface area contributed by atoms with Gasteiger partial charge in [-0.3, -0.25) is 5.32 Å². The van der Waals surface area contributed by atoms with Crippen LogP contribution in [0.25, 0.3) is 0 Å². The van der Waals surface area contributed by atoms with Crippen molar-refractivity contribution in [2.24, 2.45) is 0 Å². The predicted octanol–water partition coefficient (Wildman–Crippen LogP) is 0.502. The smallest absolute Gasteiger partial charge is 0.350 e. The summed E-state index contributed by atoms with van der Waals surface area (Å²) >= 11 is 0. The molecule has 1 aliphatic rings. The minimum absolute atomic E-state index is 0.0445. The van der Waals surface area contributed by atoms with Crippen molar-refractivity contribution < 1.29 is 14.6 Å². The maximum absolute atomic E-state index is 11.3. The van der Waals surface area contributed by atoms with Gasteiger partial charge in [-0.25, -0.2) is 4.79 Å². The molecule has 1 heterocycles. The van der Waals surface area contributed by atoms with Crippen LogP contribution in [-0.2, 0) is 9.53 Å². The lowest BCUT2D eigenvalue weighted by Crippen LogP contribution is -2.51. The molecule has 3 N–H and O–H groups in total. The molecule has 5 nitrogen and oxygen atoms in total. The molecular weight excluding hydrogens is 220 g/mol. The molecule has 3 unspecified atom stereocenters. The largest absolute Gasteiger partial charge is 0.463 e. The topological polar surface area (TPSA) is 70.6 Å². The summed E-state index contributed by atoms with van der Waals surface area (Å²) in [7, 11) is 0. The van der Waals surface area contributed by atoms with Gasteiger partial charge in [0.1, 0.15) is 0 Å². The van der Waals surface area contributed by atoms with E-state index in [9.17, 15) is 9.90 Å². The molecule has 0 saturated carbocycles. The van der Waals surface area contributed by atoms with Gasteiger partial charge in [-0.1, -0.05) is 5.57 Å². The van der Waals surface area contributed by atoms with Gasteiger partial charge in [-0.05, 0) is 39.8 Å². The quantitative estimate of drug-likeness (QED) is 0.495. The molecule has 0 aliphatic carbocycles. The van der Waals surface area contributed by atoms with Crippen molar-refractivity contribution in [3.63, 3.8) is 0 Å². The first-order chi connectivity index (χ1) is 8.04. The van der Waals surface area contributed by atoms with E-state index in [-0.39, 0.29) is 18.7 Å². The van der Waals surface area contributed by atoms with Gasteiger partial charge in [0.25, 0.3) is 0 Å². The van der Waals surface area contributed by atoms with Crippen LogP contribution in [0.4, 0.5) is 0 Å². The molecular formula is C12H22N2O3. The minimum atomic E-state index is -1.25. The van der Waals surface area contributed by atoms with Crippen LogP contribution in [0.3, 0.4) is 0 Å². The number of aliphatic hydroxyl groups is 1. The monoisotopic (exact) mass is 242 g/mol. The van der Waals surface area contributed by atoms with Crippen LogP contribution in [0.15, 0.2) is 11.8 Å². The highest BCUT2D eigenvalue weighted by Crippen LogP contribution is 2.13. The van der Waals surface area contributed by atoms with Gasteiger partial charge in [0.15, 0.2) is 0 Å². The maximum Gasteiger partial charge on any atom is 0.350 e. The average Bonchev–Trinajstić information content (AvgIpc) is 2.44. The van der Waals surface area contributed by atoms with E-state index >= 15 is 0 Å². The second kappa shape index (κ2) is 6.61. The average molecular weight is 242 g/mol. The molecule has 0 radical (unpaired) electrons. The van der Waals surface area contributed by atoms with Crippen molar-refractivity contribution in [1.29, 1.82) is 0 Å². The first kappa shape index (κ1) is 14.0. The molecule has 0 aromatic carbocycles. The lowest BCUT2D eigenvalue weighted by molar-refractivity contribution is -0.155. The molecule has 1 rings (SSSR count). The Morgan fingerprint density at radius 2 is 2.47 bits per heavy atom. The highest BCUT2D eigenvalue weighted by molar-refractivity contribution is 5.73. The fraction of sp³-hybridized carbons (Fsp3) is 0.750. The van der Waals surface area contributed by atoms with E-state index in [2.05, 4.69) is 17.6 Å². The van der Waals surface area contributed by atoms with E-state index in [0.29, 0.717) is 0 Å². The summed E-state index contributed by atoms with van der Waals surface area (Å²) in [5, 5.41) is 15.8. The summed E-state index contributed by atoms with van der Waals surface area (Å²) in [6.07, 6.45) is 2.57. The zero-order valence-corrected chi connectivity index (χ0v) is 10.7. The Kier molecular flexibility index (Phi) is 5.44. The first-order valence-electron chi connectivity index (χ1n) is 6.07. The number of hydrogen-bond acceptors (Lipinski definition) is 5. The summed E-state index contributed by atoms with van der Waals surface area (Å²) in [4.78, 5) is 11.3. The van der Waals surface area contributed by atoms with Gasteiger partial charge in [-0.15, -0.1) is 0 Å². The predicted molar refractivity (Wildman–Crippen MR) is 65.2 cm³/mol. The summed E-state index contributed by atoms with van der Waals surface area (Å²) in [5.74, 6) is -0.617. The number of rotatable bonds is 4. The zero-order chi connectivity index (χ0) is 12.8. The molecule has 1 aliphatic heterocycles. The first-order valence-corrected chi connectivity index (χ1v) is 6.07. The fourth-order valence-corrected chi connectivity index (χ4v) is 1.81. The Labute approximate surface area is 102 Å². The van der Waals surface area contributed by atoms with Crippen molar-refractivity contribution in [2.45, 2.75) is 51.9 Å². The highest BCUT2D eigenvalue weighted by atomic mass is 16.5. The summed E-state index contributed by atoms with van der Waals surface area (Å²) < 4.78 is 4.75. The number of hydrogen-bond donors (Lipinski definition) is 3. The Hall–Kier alpha value is -1.07. The summed E-state index contributed by atoms with van der Waals surface area (Å²) in [6, 6.07) is 0.208. The molecule has 0 bridgehead atoms. The van der Waals surface area contributed by atoms with E-state index in [1.807, 2.05) is 13.1 Å². The van der Waals surface area contributed by atoms with Crippen LogP contribution in [0.2, 0.25) is 0 Å². The number of carbonyl (C=O) groups excluding carboxylic acids is 1. The van der Waals surface area contributed by atoms with E-state index in [1.165, 1.54) is 5.57 Å². The van der Waals surface area contributed by atoms with E-state index in [0.717, 1.165) is 12.8 Å². The lowest BCUT2D eigenvalue weighted by atomic mass is 10.0. The van der Waals surface area contributed by atoms with Crippen LogP contribution in [0, 0.1) is 0 Å². The van der Waals surface area contributed by atoms with Gasteiger partial charge >= 0.3 is 5.97 Å². The third-order valence-corrected chi connectivity index (χ3v) is 2.93. The molecule has 0 aromatic rings. The van der Waals surface area contributed by atoms with Crippen molar-refractivity contribution in [2.75, 3.05) is 6.61 Å². The van der Waals surface area contributed by atoms with E-state index < -0.39 is 12.2 Å². The molecule has 0 aromatic heterocycles. The summed E-state index contributed by atoms with van der Waals surface area (Å²) in [5.41, 5.74) is 1.27. The Balaban J connectivity index is 2.48. The van der Waals surface area contributed by atoms with Crippen molar-refractivity contribution in [3.05, 3.63) is 11.8 Å². The second-order valence-corrected chi connectivity index (χ2v) is 4.41. The Bertz CT molecular complexity index is 291. The lowest BCUT2D eigenvalue weighted by Gasteiger charge is -2.25. The fourth-order valence-electron chi connectivity index (χ4n) is 1.81. The van der Waals surface area contributed by atoms with E-state index in [1.54, 1.807) is 6.92 Å². The van der Waals surface area contributed by atoms with Gasteiger partial charge in [0, 0.05) is 12.1 Å². The molecule has 3 atom stereocenters.